The first-order chi connectivity index (χ1) is 10.7. The van der Waals surface area contributed by atoms with E-state index in [0.29, 0.717) is 24.2 Å². The molecule has 1 atom stereocenters. The van der Waals surface area contributed by atoms with E-state index in [-0.39, 0.29) is 29.3 Å². The highest BCUT2D eigenvalue weighted by molar-refractivity contribution is 9.10. The molecule has 1 unspecified atom stereocenters. The minimum atomic E-state index is -0.217. The molecule has 7 nitrogen and oxygen atoms in total. The molecule has 0 N–H and O–H groups in total. The standard InChI is InChI=1S/C14H11BrN4O3/c15-12-2-1-11(22-12)14(20)19-6-3-9(8-19)21-13-10(7-16)17-4-5-18-13/h1-2,4-5,9H,3,6,8H2. The third kappa shape index (κ3) is 2.94. The Morgan fingerprint density at radius 1 is 1.45 bits per heavy atom. The number of furan rings is 1. The quantitative estimate of drug-likeness (QED) is 0.828. The molecule has 0 aromatic carbocycles. The van der Waals surface area contributed by atoms with Gasteiger partial charge in [-0.05, 0) is 28.1 Å². The van der Waals surface area contributed by atoms with Gasteiger partial charge >= 0.3 is 0 Å². The van der Waals surface area contributed by atoms with Crippen LogP contribution in [-0.4, -0.2) is 40.0 Å². The fourth-order valence-electron chi connectivity index (χ4n) is 2.24. The number of carbonyl (C=O) groups is 1. The van der Waals surface area contributed by atoms with E-state index in [2.05, 4.69) is 25.9 Å². The lowest BCUT2D eigenvalue weighted by atomic mass is 10.3. The van der Waals surface area contributed by atoms with Crippen molar-refractivity contribution in [2.75, 3.05) is 13.1 Å². The molecule has 1 aliphatic rings. The maximum Gasteiger partial charge on any atom is 0.289 e. The first-order valence-electron chi connectivity index (χ1n) is 6.59. The fraction of sp³-hybridized carbons (Fsp3) is 0.286. The summed E-state index contributed by atoms with van der Waals surface area (Å²) in [6, 6.07) is 5.23. The molecule has 0 bridgehead atoms. The minimum Gasteiger partial charge on any atom is -0.470 e. The first-order valence-corrected chi connectivity index (χ1v) is 7.39. The van der Waals surface area contributed by atoms with Crippen molar-refractivity contribution in [2.24, 2.45) is 0 Å². The number of likely N-dealkylation sites (tertiary alicyclic amines) is 1. The van der Waals surface area contributed by atoms with Gasteiger partial charge in [-0.3, -0.25) is 4.79 Å². The van der Waals surface area contributed by atoms with E-state index in [0.717, 1.165) is 0 Å². The number of carbonyl (C=O) groups excluding carboxylic acids is 1. The summed E-state index contributed by atoms with van der Waals surface area (Å²) in [6.45, 7) is 0.975. The normalized spacial score (nSPS) is 17.3. The number of nitrogens with zero attached hydrogens (tertiary/aromatic N) is 4. The summed E-state index contributed by atoms with van der Waals surface area (Å²) in [7, 11) is 0. The third-order valence-corrected chi connectivity index (χ3v) is 3.69. The lowest BCUT2D eigenvalue weighted by Gasteiger charge is -2.15. The Kier molecular flexibility index (Phi) is 4.06. The van der Waals surface area contributed by atoms with Crippen LogP contribution in [0, 0.1) is 11.3 Å². The molecule has 112 valence electrons. The van der Waals surface area contributed by atoms with Gasteiger partial charge in [0, 0.05) is 25.4 Å². The highest BCUT2D eigenvalue weighted by Gasteiger charge is 2.30. The molecule has 1 aliphatic heterocycles. The summed E-state index contributed by atoms with van der Waals surface area (Å²) in [5.74, 6) is 0.297. The summed E-state index contributed by atoms with van der Waals surface area (Å²) in [4.78, 5) is 21.8. The van der Waals surface area contributed by atoms with Gasteiger partial charge in [0.15, 0.2) is 10.4 Å². The molecule has 0 radical (unpaired) electrons. The van der Waals surface area contributed by atoms with Crippen LogP contribution in [0.5, 0.6) is 5.88 Å². The predicted molar refractivity (Wildman–Crippen MR) is 78.1 cm³/mol. The second kappa shape index (κ2) is 6.15. The summed E-state index contributed by atoms with van der Waals surface area (Å²) in [6.07, 6.45) is 3.35. The summed E-state index contributed by atoms with van der Waals surface area (Å²) in [5.41, 5.74) is 0.141. The van der Waals surface area contributed by atoms with Gasteiger partial charge in [0.25, 0.3) is 11.8 Å². The Hall–Kier alpha value is -2.40. The van der Waals surface area contributed by atoms with Gasteiger partial charge in [-0.25, -0.2) is 9.97 Å². The lowest BCUT2D eigenvalue weighted by Crippen LogP contribution is -2.30. The fourth-order valence-corrected chi connectivity index (χ4v) is 2.55. The Bertz CT molecular complexity index is 740. The zero-order valence-corrected chi connectivity index (χ0v) is 13.0. The van der Waals surface area contributed by atoms with Crippen LogP contribution >= 0.6 is 15.9 Å². The molecule has 1 amide bonds. The molecule has 0 aliphatic carbocycles. The zero-order chi connectivity index (χ0) is 15.5. The van der Waals surface area contributed by atoms with Crippen LogP contribution in [0.2, 0.25) is 0 Å². The number of hydrogen-bond donors (Lipinski definition) is 0. The average Bonchev–Trinajstić information content (AvgIpc) is 3.16. The van der Waals surface area contributed by atoms with E-state index in [1.165, 1.54) is 12.4 Å². The average molecular weight is 363 g/mol. The van der Waals surface area contributed by atoms with Crippen LogP contribution < -0.4 is 4.74 Å². The maximum absolute atomic E-state index is 12.3. The van der Waals surface area contributed by atoms with Crippen LogP contribution in [0.3, 0.4) is 0 Å². The summed E-state index contributed by atoms with van der Waals surface area (Å²) in [5, 5.41) is 8.97. The van der Waals surface area contributed by atoms with Gasteiger partial charge in [-0.2, -0.15) is 5.26 Å². The first kappa shape index (κ1) is 14.5. The van der Waals surface area contributed by atoms with Gasteiger partial charge in [-0.1, -0.05) is 0 Å². The number of ether oxygens (including phenoxy) is 1. The Labute approximate surface area is 134 Å². The molecular weight excluding hydrogens is 352 g/mol. The molecule has 0 spiro atoms. The predicted octanol–water partition coefficient (Wildman–Crippen LogP) is 2.00. The molecule has 2 aromatic heterocycles. The van der Waals surface area contributed by atoms with Crippen LogP contribution in [0.25, 0.3) is 0 Å². The molecular formula is C14H11BrN4O3. The van der Waals surface area contributed by atoms with Gasteiger partial charge in [0.1, 0.15) is 12.2 Å². The number of halogens is 1. The number of hydrogen-bond acceptors (Lipinski definition) is 6. The van der Waals surface area contributed by atoms with Gasteiger partial charge in [0.2, 0.25) is 5.69 Å². The van der Waals surface area contributed by atoms with Crippen molar-refractivity contribution in [2.45, 2.75) is 12.5 Å². The molecule has 3 rings (SSSR count). The Morgan fingerprint density at radius 3 is 3.00 bits per heavy atom. The SMILES string of the molecule is N#Cc1nccnc1OC1CCN(C(=O)c2ccc(Br)o2)C1. The van der Waals surface area contributed by atoms with Gasteiger partial charge < -0.3 is 14.1 Å². The Morgan fingerprint density at radius 2 is 2.27 bits per heavy atom. The molecule has 3 heterocycles. The number of rotatable bonds is 3. The highest BCUT2D eigenvalue weighted by Crippen LogP contribution is 2.21. The third-order valence-electron chi connectivity index (χ3n) is 3.27. The monoisotopic (exact) mass is 362 g/mol. The van der Waals surface area contributed by atoms with E-state index in [1.807, 2.05) is 6.07 Å². The number of amides is 1. The molecule has 2 aromatic rings. The van der Waals surface area contributed by atoms with Crippen molar-refractivity contribution >= 4 is 21.8 Å². The van der Waals surface area contributed by atoms with E-state index in [1.54, 1.807) is 17.0 Å². The molecule has 0 saturated carbocycles. The zero-order valence-electron chi connectivity index (χ0n) is 11.4. The van der Waals surface area contributed by atoms with Crippen LogP contribution in [0.1, 0.15) is 22.7 Å². The molecule has 8 heteroatoms. The summed E-state index contributed by atoms with van der Waals surface area (Å²) < 4.78 is 11.5. The lowest BCUT2D eigenvalue weighted by molar-refractivity contribution is 0.0738. The number of aromatic nitrogens is 2. The van der Waals surface area contributed by atoms with Gasteiger partial charge in [0.05, 0.1) is 6.54 Å². The van der Waals surface area contributed by atoms with E-state index in [9.17, 15) is 4.79 Å². The maximum atomic E-state index is 12.3. The Balaban J connectivity index is 1.65. The van der Waals surface area contributed by atoms with Gasteiger partial charge in [-0.15, -0.1) is 0 Å². The second-order valence-electron chi connectivity index (χ2n) is 4.71. The van der Waals surface area contributed by atoms with Crippen LogP contribution in [0.4, 0.5) is 0 Å². The molecule has 1 saturated heterocycles. The smallest absolute Gasteiger partial charge is 0.289 e. The number of nitriles is 1. The highest BCUT2D eigenvalue weighted by atomic mass is 79.9. The van der Waals surface area contributed by atoms with Crippen molar-refractivity contribution < 1.29 is 13.9 Å². The van der Waals surface area contributed by atoms with Crippen LogP contribution in [0.15, 0.2) is 33.6 Å². The molecule has 22 heavy (non-hydrogen) atoms. The van der Waals surface area contributed by atoms with E-state index in [4.69, 9.17) is 14.4 Å². The van der Waals surface area contributed by atoms with Crippen molar-refractivity contribution in [1.82, 2.24) is 14.9 Å². The minimum absolute atomic E-state index is 0.141. The van der Waals surface area contributed by atoms with Crippen molar-refractivity contribution in [3.8, 4) is 11.9 Å². The summed E-state index contributed by atoms with van der Waals surface area (Å²) >= 11 is 3.17. The van der Waals surface area contributed by atoms with Crippen molar-refractivity contribution in [3.63, 3.8) is 0 Å². The van der Waals surface area contributed by atoms with Crippen molar-refractivity contribution in [3.05, 3.63) is 40.7 Å². The van der Waals surface area contributed by atoms with Crippen LogP contribution in [-0.2, 0) is 0 Å². The van der Waals surface area contributed by atoms with Crippen molar-refractivity contribution in [1.29, 1.82) is 5.26 Å². The topological polar surface area (TPSA) is 92.2 Å². The van der Waals surface area contributed by atoms with E-state index >= 15 is 0 Å². The van der Waals surface area contributed by atoms with E-state index < -0.39 is 0 Å². The largest absolute Gasteiger partial charge is 0.470 e. The second-order valence-corrected chi connectivity index (χ2v) is 5.49. The molecule has 1 fully saturated rings.